The Balaban J connectivity index is 2.07. The van der Waals surface area contributed by atoms with Gasteiger partial charge in [0.2, 0.25) is 0 Å². The van der Waals surface area contributed by atoms with E-state index in [0.717, 1.165) is 28.8 Å². The molecule has 20 heavy (non-hydrogen) atoms. The van der Waals surface area contributed by atoms with Gasteiger partial charge in [-0.1, -0.05) is 0 Å². The maximum atomic E-state index is 6.05. The summed E-state index contributed by atoms with van der Waals surface area (Å²) in [6.45, 7) is 8.67. The largest absolute Gasteiger partial charge is 0.383 e. The zero-order chi connectivity index (χ0) is 14.3. The number of rotatable bonds is 2. The number of hydrogen-bond acceptors (Lipinski definition) is 5. The molecule has 1 aliphatic heterocycles. The van der Waals surface area contributed by atoms with Gasteiger partial charge in [-0.2, -0.15) is 0 Å². The van der Waals surface area contributed by atoms with Crippen molar-refractivity contribution in [3.05, 3.63) is 17.1 Å². The van der Waals surface area contributed by atoms with Crippen molar-refractivity contribution in [1.82, 2.24) is 14.5 Å². The van der Waals surface area contributed by atoms with Crippen molar-refractivity contribution in [2.24, 2.45) is 0 Å². The molecule has 1 atom stereocenters. The molecule has 0 amide bonds. The molecule has 1 fully saturated rings. The van der Waals surface area contributed by atoms with E-state index in [4.69, 9.17) is 15.2 Å². The van der Waals surface area contributed by atoms with Crippen LogP contribution in [0.2, 0.25) is 0 Å². The maximum absolute atomic E-state index is 6.05. The molecule has 0 radical (unpaired) electrons. The number of nitrogen functional groups attached to an aromatic ring is 1. The molecule has 0 aromatic carbocycles. The molecule has 0 saturated carbocycles. The van der Waals surface area contributed by atoms with E-state index >= 15 is 0 Å². The second-order valence-corrected chi connectivity index (χ2v) is 5.24. The van der Waals surface area contributed by atoms with Gasteiger partial charge in [0.05, 0.1) is 37.9 Å². The predicted octanol–water partition coefficient (Wildman–Crippen LogP) is 1.35. The SMILES string of the molecule is Cc1nc(N)c2c(C)c(C)n(CC3COCCO3)c2n1. The van der Waals surface area contributed by atoms with Gasteiger partial charge in [-0.05, 0) is 26.3 Å². The summed E-state index contributed by atoms with van der Waals surface area (Å²) < 4.78 is 13.4. The Morgan fingerprint density at radius 3 is 2.75 bits per heavy atom. The highest BCUT2D eigenvalue weighted by molar-refractivity contribution is 5.91. The summed E-state index contributed by atoms with van der Waals surface area (Å²) in [5.41, 5.74) is 9.23. The van der Waals surface area contributed by atoms with E-state index in [1.165, 1.54) is 0 Å². The van der Waals surface area contributed by atoms with Crippen molar-refractivity contribution in [2.75, 3.05) is 25.6 Å². The van der Waals surface area contributed by atoms with E-state index < -0.39 is 0 Å². The Morgan fingerprint density at radius 2 is 2.05 bits per heavy atom. The lowest BCUT2D eigenvalue weighted by molar-refractivity contribution is -0.0933. The Kier molecular flexibility index (Phi) is 3.35. The first-order valence-electron chi connectivity index (χ1n) is 6.86. The van der Waals surface area contributed by atoms with Crippen LogP contribution in [-0.4, -0.2) is 40.5 Å². The molecule has 3 rings (SSSR count). The Morgan fingerprint density at radius 1 is 1.25 bits per heavy atom. The van der Waals surface area contributed by atoms with Crippen molar-refractivity contribution >= 4 is 16.9 Å². The summed E-state index contributed by atoms with van der Waals surface area (Å²) in [4.78, 5) is 8.82. The molecular formula is C14H20N4O2. The van der Waals surface area contributed by atoms with Crippen LogP contribution < -0.4 is 5.73 Å². The summed E-state index contributed by atoms with van der Waals surface area (Å²) in [6, 6.07) is 0. The predicted molar refractivity (Wildman–Crippen MR) is 76.7 cm³/mol. The first kappa shape index (κ1) is 13.3. The summed E-state index contributed by atoms with van der Waals surface area (Å²) in [5, 5.41) is 0.949. The maximum Gasteiger partial charge on any atom is 0.146 e. The summed E-state index contributed by atoms with van der Waals surface area (Å²) in [5.74, 6) is 1.24. The van der Waals surface area contributed by atoms with E-state index in [9.17, 15) is 0 Å². The Labute approximate surface area is 117 Å². The summed E-state index contributed by atoms with van der Waals surface area (Å²) >= 11 is 0. The van der Waals surface area contributed by atoms with Crippen molar-refractivity contribution < 1.29 is 9.47 Å². The van der Waals surface area contributed by atoms with Crippen molar-refractivity contribution in [3.8, 4) is 0 Å². The molecule has 1 saturated heterocycles. The van der Waals surface area contributed by atoms with Crippen LogP contribution in [0.3, 0.4) is 0 Å². The van der Waals surface area contributed by atoms with Gasteiger partial charge in [0.1, 0.15) is 17.3 Å². The Bertz CT molecular complexity index is 644. The molecule has 0 bridgehead atoms. The van der Waals surface area contributed by atoms with Crippen molar-refractivity contribution in [2.45, 2.75) is 33.4 Å². The lowest BCUT2D eigenvalue weighted by atomic mass is 10.2. The van der Waals surface area contributed by atoms with Gasteiger partial charge in [0.25, 0.3) is 0 Å². The number of ether oxygens (including phenoxy) is 2. The normalized spacial score (nSPS) is 19.6. The zero-order valence-electron chi connectivity index (χ0n) is 12.1. The van der Waals surface area contributed by atoms with Crippen molar-refractivity contribution in [1.29, 1.82) is 0 Å². The number of anilines is 1. The van der Waals surface area contributed by atoms with Gasteiger partial charge < -0.3 is 19.8 Å². The number of nitrogens with zero attached hydrogens (tertiary/aromatic N) is 3. The number of aromatic nitrogens is 3. The molecule has 2 aromatic rings. The van der Waals surface area contributed by atoms with Crippen LogP contribution in [0.15, 0.2) is 0 Å². The first-order chi connectivity index (χ1) is 9.58. The second-order valence-electron chi connectivity index (χ2n) is 5.24. The molecule has 1 aliphatic rings. The molecule has 0 aliphatic carbocycles. The fourth-order valence-electron chi connectivity index (χ4n) is 2.75. The topological polar surface area (TPSA) is 75.2 Å². The van der Waals surface area contributed by atoms with Crippen LogP contribution in [0.25, 0.3) is 11.0 Å². The van der Waals surface area contributed by atoms with Crippen LogP contribution in [0.5, 0.6) is 0 Å². The molecule has 2 N–H and O–H groups in total. The quantitative estimate of drug-likeness (QED) is 0.896. The minimum absolute atomic E-state index is 0.0638. The summed E-state index contributed by atoms with van der Waals surface area (Å²) in [6.07, 6.45) is 0.0638. The highest BCUT2D eigenvalue weighted by Crippen LogP contribution is 2.28. The molecule has 108 valence electrons. The average Bonchev–Trinajstić information content (AvgIpc) is 2.65. The molecule has 1 unspecified atom stereocenters. The van der Waals surface area contributed by atoms with Crippen LogP contribution >= 0.6 is 0 Å². The van der Waals surface area contributed by atoms with Crippen LogP contribution in [0.4, 0.5) is 5.82 Å². The third-order valence-electron chi connectivity index (χ3n) is 3.88. The van der Waals surface area contributed by atoms with Gasteiger partial charge in [-0.3, -0.25) is 0 Å². The highest BCUT2D eigenvalue weighted by atomic mass is 16.6. The fraction of sp³-hybridized carbons (Fsp3) is 0.571. The lowest BCUT2D eigenvalue weighted by Crippen LogP contribution is -2.32. The van der Waals surface area contributed by atoms with E-state index in [1.807, 2.05) is 6.92 Å². The number of nitrogens with two attached hydrogens (primary N) is 1. The van der Waals surface area contributed by atoms with Gasteiger partial charge in [-0.15, -0.1) is 0 Å². The highest BCUT2D eigenvalue weighted by Gasteiger charge is 2.21. The van der Waals surface area contributed by atoms with Gasteiger partial charge in [-0.25, -0.2) is 9.97 Å². The van der Waals surface area contributed by atoms with Crippen LogP contribution in [0.1, 0.15) is 17.1 Å². The average molecular weight is 276 g/mol. The van der Waals surface area contributed by atoms with Crippen LogP contribution in [-0.2, 0) is 16.0 Å². The third kappa shape index (κ3) is 2.14. The van der Waals surface area contributed by atoms with E-state index in [-0.39, 0.29) is 6.10 Å². The number of aryl methyl sites for hydroxylation is 2. The molecule has 6 heteroatoms. The number of hydrogen-bond donors (Lipinski definition) is 1. The van der Waals surface area contributed by atoms with Crippen LogP contribution in [0, 0.1) is 20.8 Å². The molecule has 2 aromatic heterocycles. The number of fused-ring (bicyclic) bond motifs is 1. The van der Waals surface area contributed by atoms with E-state index in [1.54, 1.807) is 0 Å². The zero-order valence-corrected chi connectivity index (χ0v) is 12.1. The molecule has 3 heterocycles. The lowest BCUT2D eigenvalue weighted by Gasteiger charge is -2.24. The monoisotopic (exact) mass is 276 g/mol. The minimum Gasteiger partial charge on any atom is -0.383 e. The fourth-order valence-corrected chi connectivity index (χ4v) is 2.75. The van der Waals surface area contributed by atoms with Gasteiger partial charge >= 0.3 is 0 Å². The second kappa shape index (κ2) is 5.03. The molecule has 6 nitrogen and oxygen atoms in total. The first-order valence-corrected chi connectivity index (χ1v) is 6.86. The minimum atomic E-state index is 0.0638. The molecule has 0 spiro atoms. The van der Waals surface area contributed by atoms with E-state index in [0.29, 0.717) is 31.5 Å². The smallest absolute Gasteiger partial charge is 0.146 e. The van der Waals surface area contributed by atoms with Gasteiger partial charge in [0, 0.05) is 5.69 Å². The Hall–Kier alpha value is -1.66. The molecular weight excluding hydrogens is 256 g/mol. The van der Waals surface area contributed by atoms with Gasteiger partial charge in [0.15, 0.2) is 0 Å². The van der Waals surface area contributed by atoms with Crippen molar-refractivity contribution in [3.63, 3.8) is 0 Å². The summed E-state index contributed by atoms with van der Waals surface area (Å²) in [7, 11) is 0. The van der Waals surface area contributed by atoms with E-state index in [2.05, 4.69) is 28.4 Å². The third-order valence-corrected chi connectivity index (χ3v) is 3.88. The standard InChI is InChI=1S/C14H20N4O2/c1-8-9(2)18(6-11-7-19-4-5-20-11)14-12(8)13(15)16-10(3)17-14/h11H,4-7H2,1-3H3,(H2,15,16,17).